The monoisotopic (exact) mass is 374 g/mol. The number of hydrogen-bond donors (Lipinski definition) is 3. The Labute approximate surface area is 155 Å². The minimum atomic E-state index is -0.368. The van der Waals surface area contributed by atoms with E-state index in [2.05, 4.69) is 20.9 Å². The number of pyridine rings is 1. The highest BCUT2D eigenvalue weighted by Crippen LogP contribution is 2.20. The Morgan fingerprint density at radius 3 is 2.92 bits per heavy atom. The number of hydrogen-bond acceptors (Lipinski definition) is 5. The molecule has 0 radical (unpaired) electrons. The van der Waals surface area contributed by atoms with E-state index in [9.17, 15) is 14.0 Å². The second-order valence-electron chi connectivity index (χ2n) is 5.91. The fourth-order valence-corrected chi connectivity index (χ4v) is 3.71. The number of carbonyl (C=O) groups excluding carboxylic acids is 2. The van der Waals surface area contributed by atoms with Gasteiger partial charge in [0.1, 0.15) is 11.3 Å². The summed E-state index contributed by atoms with van der Waals surface area (Å²) in [6, 6.07) is 9.74. The van der Waals surface area contributed by atoms with Gasteiger partial charge in [0.25, 0.3) is 0 Å². The van der Waals surface area contributed by atoms with Gasteiger partial charge in [0.2, 0.25) is 11.8 Å². The van der Waals surface area contributed by atoms with Gasteiger partial charge in [-0.15, -0.1) is 11.8 Å². The quantitative estimate of drug-likeness (QED) is 0.722. The summed E-state index contributed by atoms with van der Waals surface area (Å²) in [7, 11) is 0. The van der Waals surface area contributed by atoms with Crippen LogP contribution in [-0.2, 0) is 15.3 Å². The van der Waals surface area contributed by atoms with Crippen LogP contribution in [0.2, 0.25) is 0 Å². The first-order valence-electron chi connectivity index (χ1n) is 8.20. The first kappa shape index (κ1) is 18.3. The van der Waals surface area contributed by atoms with E-state index in [0.29, 0.717) is 17.0 Å². The summed E-state index contributed by atoms with van der Waals surface area (Å²) >= 11 is 1.38. The summed E-state index contributed by atoms with van der Waals surface area (Å²) in [6.45, 7) is 0. The second kappa shape index (κ2) is 8.77. The molecular formula is C18H19FN4O2S. The van der Waals surface area contributed by atoms with Crippen molar-refractivity contribution in [2.75, 3.05) is 5.32 Å². The molecule has 0 spiro atoms. The van der Waals surface area contributed by atoms with Crippen LogP contribution in [0.5, 0.6) is 0 Å². The molecule has 136 valence electrons. The summed E-state index contributed by atoms with van der Waals surface area (Å²) in [5.74, 6) is -0.175. The fraction of sp³-hybridized carbons (Fsp3) is 0.278. The molecule has 26 heavy (non-hydrogen) atoms. The third-order valence-electron chi connectivity index (χ3n) is 3.85. The largest absolute Gasteiger partial charge is 0.332 e. The molecule has 0 aliphatic carbocycles. The molecule has 2 heterocycles. The molecule has 3 rings (SSSR count). The van der Waals surface area contributed by atoms with E-state index in [0.717, 1.165) is 0 Å². The lowest BCUT2D eigenvalue weighted by atomic mass is 10.1. The van der Waals surface area contributed by atoms with E-state index < -0.39 is 0 Å². The third kappa shape index (κ3) is 5.27. The van der Waals surface area contributed by atoms with Crippen LogP contribution in [0.1, 0.15) is 18.4 Å². The third-order valence-corrected chi connectivity index (χ3v) is 4.92. The SMILES string of the molecule is O=C(CC1CC(=O)NC(SCc2ccccc2F)N1)Nc1cccnc1. The zero-order chi connectivity index (χ0) is 18.4. The van der Waals surface area contributed by atoms with Gasteiger partial charge in [-0.05, 0) is 23.8 Å². The van der Waals surface area contributed by atoms with Gasteiger partial charge in [-0.3, -0.25) is 19.9 Å². The van der Waals surface area contributed by atoms with E-state index in [1.54, 1.807) is 42.7 Å². The maximum Gasteiger partial charge on any atom is 0.225 e. The smallest absolute Gasteiger partial charge is 0.225 e. The van der Waals surface area contributed by atoms with Crippen molar-refractivity contribution < 1.29 is 14.0 Å². The number of thioether (sulfide) groups is 1. The molecule has 1 aromatic carbocycles. The Balaban J connectivity index is 1.52. The normalized spacial score (nSPS) is 19.7. The summed E-state index contributed by atoms with van der Waals surface area (Å²) in [5.41, 5.74) is 0.820. The van der Waals surface area contributed by atoms with E-state index in [4.69, 9.17) is 0 Å². The summed E-state index contributed by atoms with van der Waals surface area (Å²) in [5, 5.41) is 8.78. The number of anilines is 1. The van der Waals surface area contributed by atoms with Gasteiger partial charge >= 0.3 is 0 Å². The average molecular weight is 374 g/mol. The lowest BCUT2D eigenvalue weighted by Crippen LogP contribution is -2.55. The standard InChI is InChI=1S/C18H19FN4O2S/c19-15-6-2-1-4-12(15)11-26-18-22-14(9-17(25)23-18)8-16(24)21-13-5-3-7-20-10-13/h1-7,10,14,18,22H,8-9,11H2,(H,21,24)(H,23,25). The van der Waals surface area contributed by atoms with Crippen molar-refractivity contribution in [2.45, 2.75) is 30.1 Å². The first-order valence-corrected chi connectivity index (χ1v) is 9.25. The predicted molar refractivity (Wildman–Crippen MR) is 98.7 cm³/mol. The van der Waals surface area contributed by atoms with E-state index in [1.807, 2.05) is 0 Å². The number of rotatable bonds is 6. The number of aromatic nitrogens is 1. The highest BCUT2D eigenvalue weighted by atomic mass is 32.2. The molecule has 2 amide bonds. The van der Waals surface area contributed by atoms with Gasteiger partial charge < -0.3 is 10.6 Å². The molecule has 1 aromatic heterocycles. The van der Waals surface area contributed by atoms with Crippen LogP contribution in [0, 0.1) is 5.82 Å². The van der Waals surface area contributed by atoms with Gasteiger partial charge in [-0.1, -0.05) is 18.2 Å². The minimum absolute atomic E-state index is 0.131. The average Bonchev–Trinajstić information content (AvgIpc) is 2.61. The van der Waals surface area contributed by atoms with Gasteiger partial charge in [0.15, 0.2) is 0 Å². The second-order valence-corrected chi connectivity index (χ2v) is 7.01. The highest BCUT2D eigenvalue weighted by molar-refractivity contribution is 7.99. The van der Waals surface area contributed by atoms with Crippen molar-refractivity contribution in [2.24, 2.45) is 0 Å². The molecule has 1 fully saturated rings. The van der Waals surface area contributed by atoms with Crippen LogP contribution in [-0.4, -0.2) is 28.3 Å². The lowest BCUT2D eigenvalue weighted by molar-refractivity contribution is -0.124. The van der Waals surface area contributed by atoms with Crippen molar-refractivity contribution in [3.8, 4) is 0 Å². The van der Waals surface area contributed by atoms with Gasteiger partial charge in [-0.25, -0.2) is 4.39 Å². The van der Waals surface area contributed by atoms with Crippen LogP contribution >= 0.6 is 11.8 Å². The highest BCUT2D eigenvalue weighted by Gasteiger charge is 2.27. The maximum atomic E-state index is 13.7. The molecule has 3 N–H and O–H groups in total. The minimum Gasteiger partial charge on any atom is -0.332 e. The predicted octanol–water partition coefficient (Wildman–Crippen LogP) is 2.24. The molecule has 0 bridgehead atoms. The summed E-state index contributed by atoms with van der Waals surface area (Å²) in [4.78, 5) is 28.0. The molecule has 6 nitrogen and oxygen atoms in total. The molecule has 1 aliphatic heterocycles. The molecule has 8 heteroatoms. The topological polar surface area (TPSA) is 83.1 Å². The van der Waals surface area contributed by atoms with Crippen molar-refractivity contribution in [1.29, 1.82) is 0 Å². The molecule has 0 saturated carbocycles. The van der Waals surface area contributed by atoms with Crippen LogP contribution in [0.15, 0.2) is 48.8 Å². The van der Waals surface area contributed by atoms with E-state index >= 15 is 0 Å². The Morgan fingerprint density at radius 1 is 1.31 bits per heavy atom. The molecule has 2 atom stereocenters. The molecular weight excluding hydrogens is 355 g/mol. The Kier molecular flexibility index (Phi) is 6.19. The number of carbonyl (C=O) groups is 2. The maximum absolute atomic E-state index is 13.7. The van der Waals surface area contributed by atoms with Gasteiger partial charge in [-0.2, -0.15) is 0 Å². The van der Waals surface area contributed by atoms with Crippen molar-refractivity contribution in [1.82, 2.24) is 15.6 Å². The fourth-order valence-electron chi connectivity index (χ4n) is 2.63. The number of amides is 2. The molecule has 1 aliphatic rings. The van der Waals surface area contributed by atoms with Crippen molar-refractivity contribution in [3.05, 3.63) is 60.2 Å². The molecule has 2 unspecified atom stereocenters. The van der Waals surface area contributed by atoms with Crippen LogP contribution in [0.3, 0.4) is 0 Å². The Hall–Kier alpha value is -2.45. The first-order chi connectivity index (χ1) is 12.6. The van der Waals surface area contributed by atoms with Gasteiger partial charge in [0.05, 0.1) is 11.9 Å². The summed E-state index contributed by atoms with van der Waals surface area (Å²) in [6.07, 6.45) is 3.57. The Morgan fingerprint density at radius 2 is 2.15 bits per heavy atom. The zero-order valence-corrected chi connectivity index (χ0v) is 14.8. The number of halogens is 1. The van der Waals surface area contributed by atoms with E-state index in [1.165, 1.54) is 17.8 Å². The van der Waals surface area contributed by atoms with E-state index in [-0.39, 0.29) is 42.0 Å². The molecule has 2 aromatic rings. The summed E-state index contributed by atoms with van der Waals surface area (Å²) < 4.78 is 13.7. The van der Waals surface area contributed by atoms with Crippen LogP contribution < -0.4 is 16.0 Å². The number of benzene rings is 1. The number of nitrogens with zero attached hydrogens (tertiary/aromatic N) is 1. The number of nitrogens with one attached hydrogen (secondary N) is 3. The zero-order valence-electron chi connectivity index (χ0n) is 13.9. The van der Waals surface area contributed by atoms with Crippen LogP contribution in [0.4, 0.5) is 10.1 Å². The van der Waals surface area contributed by atoms with Gasteiger partial charge in [0, 0.05) is 30.8 Å². The lowest BCUT2D eigenvalue weighted by Gasteiger charge is -2.31. The van der Waals surface area contributed by atoms with Crippen molar-refractivity contribution in [3.63, 3.8) is 0 Å². The van der Waals surface area contributed by atoms with Crippen molar-refractivity contribution >= 4 is 29.3 Å². The molecule has 1 saturated heterocycles. The Bertz CT molecular complexity index is 775. The van der Waals surface area contributed by atoms with Crippen LogP contribution in [0.25, 0.3) is 0 Å².